The standard InChI is InChI=1S/C20H23N3O4/c1-20(23(26)27,14-12-18(21-24)16-8-4-2-5-9-16)15-13-19(22-25)17-10-6-3-7-11-17/h2-11,24-25H,12-15H2,1H3/b21-18+,22-19?. The molecule has 1 unspecified atom stereocenters. The van der Waals surface area contributed by atoms with Crippen LogP contribution in [0.15, 0.2) is 71.0 Å². The number of rotatable bonds is 9. The largest absolute Gasteiger partial charge is 0.411 e. The lowest BCUT2D eigenvalue weighted by Crippen LogP contribution is -2.36. The molecule has 0 aliphatic rings. The monoisotopic (exact) mass is 369 g/mol. The van der Waals surface area contributed by atoms with Crippen LogP contribution in [0, 0.1) is 10.1 Å². The summed E-state index contributed by atoms with van der Waals surface area (Å²) in [5.74, 6) is 0. The molecule has 1 atom stereocenters. The Morgan fingerprint density at radius 1 is 0.889 bits per heavy atom. The zero-order valence-electron chi connectivity index (χ0n) is 15.2. The molecule has 7 heteroatoms. The lowest BCUT2D eigenvalue weighted by atomic mass is 9.87. The summed E-state index contributed by atoms with van der Waals surface area (Å²) in [5.41, 5.74) is 1.03. The molecule has 2 aromatic carbocycles. The van der Waals surface area contributed by atoms with E-state index in [2.05, 4.69) is 10.3 Å². The van der Waals surface area contributed by atoms with Crippen molar-refractivity contribution in [3.63, 3.8) is 0 Å². The van der Waals surface area contributed by atoms with Gasteiger partial charge in [-0.3, -0.25) is 10.1 Å². The van der Waals surface area contributed by atoms with Crippen molar-refractivity contribution in [2.45, 2.75) is 38.1 Å². The van der Waals surface area contributed by atoms with Gasteiger partial charge in [0, 0.05) is 37.5 Å². The van der Waals surface area contributed by atoms with Gasteiger partial charge >= 0.3 is 0 Å². The number of nitrogens with zero attached hydrogens (tertiary/aromatic N) is 3. The summed E-state index contributed by atoms with van der Waals surface area (Å²) in [6, 6.07) is 18.1. The van der Waals surface area contributed by atoms with Crippen molar-refractivity contribution in [3.05, 3.63) is 81.9 Å². The van der Waals surface area contributed by atoms with E-state index in [-0.39, 0.29) is 30.6 Å². The normalized spacial score (nSPS) is 14.6. The maximum atomic E-state index is 11.7. The van der Waals surface area contributed by atoms with E-state index in [0.29, 0.717) is 11.4 Å². The Labute approximate surface area is 157 Å². The molecule has 0 radical (unpaired) electrons. The summed E-state index contributed by atoms with van der Waals surface area (Å²) < 4.78 is 0. The van der Waals surface area contributed by atoms with E-state index in [9.17, 15) is 20.5 Å². The van der Waals surface area contributed by atoms with E-state index in [4.69, 9.17) is 0 Å². The van der Waals surface area contributed by atoms with Crippen molar-refractivity contribution >= 4 is 11.4 Å². The van der Waals surface area contributed by atoms with Gasteiger partial charge in [-0.2, -0.15) is 0 Å². The van der Waals surface area contributed by atoms with Crippen molar-refractivity contribution in [3.8, 4) is 0 Å². The quantitative estimate of drug-likeness (QED) is 0.296. The van der Waals surface area contributed by atoms with Gasteiger partial charge in [-0.05, 0) is 11.1 Å². The molecule has 0 fully saturated rings. The van der Waals surface area contributed by atoms with Crippen LogP contribution in [-0.2, 0) is 0 Å². The molecule has 2 rings (SSSR count). The molecule has 2 N–H and O–H groups in total. The van der Waals surface area contributed by atoms with Gasteiger partial charge in [-0.25, -0.2) is 0 Å². The van der Waals surface area contributed by atoms with Gasteiger partial charge in [0.1, 0.15) is 0 Å². The Bertz CT molecular complexity index is 745. The highest BCUT2D eigenvalue weighted by atomic mass is 16.6. The summed E-state index contributed by atoms with van der Waals surface area (Å²) in [6.45, 7) is 1.56. The number of benzene rings is 2. The summed E-state index contributed by atoms with van der Waals surface area (Å²) in [7, 11) is 0. The Morgan fingerprint density at radius 2 is 1.26 bits per heavy atom. The van der Waals surface area contributed by atoms with Gasteiger partial charge in [0.2, 0.25) is 5.54 Å². The van der Waals surface area contributed by atoms with Gasteiger partial charge in [-0.1, -0.05) is 71.0 Å². The lowest BCUT2D eigenvalue weighted by molar-refractivity contribution is -0.567. The third kappa shape index (κ3) is 5.37. The van der Waals surface area contributed by atoms with Crippen LogP contribution < -0.4 is 0 Å². The molecule has 0 saturated carbocycles. The Morgan fingerprint density at radius 3 is 1.56 bits per heavy atom. The van der Waals surface area contributed by atoms with E-state index in [1.165, 1.54) is 0 Å². The average molecular weight is 369 g/mol. The number of hydrogen-bond donors (Lipinski definition) is 2. The van der Waals surface area contributed by atoms with E-state index in [1.54, 1.807) is 31.2 Å². The first-order valence-corrected chi connectivity index (χ1v) is 8.67. The maximum Gasteiger partial charge on any atom is 0.220 e. The van der Waals surface area contributed by atoms with Gasteiger partial charge in [-0.15, -0.1) is 0 Å². The summed E-state index contributed by atoms with van der Waals surface area (Å²) in [4.78, 5) is 11.4. The Balaban J connectivity index is 2.07. The molecule has 2 aromatic rings. The fourth-order valence-electron chi connectivity index (χ4n) is 2.85. The molecule has 0 spiro atoms. The van der Waals surface area contributed by atoms with Crippen molar-refractivity contribution < 1.29 is 15.3 Å². The van der Waals surface area contributed by atoms with Crippen LogP contribution in [0.3, 0.4) is 0 Å². The van der Waals surface area contributed by atoms with Crippen LogP contribution in [0.2, 0.25) is 0 Å². The van der Waals surface area contributed by atoms with Crippen LogP contribution in [0.5, 0.6) is 0 Å². The first-order valence-electron chi connectivity index (χ1n) is 8.67. The molecule has 0 saturated heterocycles. The SMILES string of the molecule is CC(CCC(=NO)c1ccccc1)(CC/C(=N\O)c1ccccc1)[N+](=O)[O-]. The lowest BCUT2D eigenvalue weighted by Gasteiger charge is -2.21. The molecule has 0 aliphatic heterocycles. The van der Waals surface area contributed by atoms with E-state index < -0.39 is 5.54 Å². The molecule has 0 bridgehead atoms. The third-order valence-corrected chi connectivity index (χ3v) is 4.70. The number of nitro groups is 1. The highest BCUT2D eigenvalue weighted by molar-refractivity contribution is 6.00. The molecule has 142 valence electrons. The van der Waals surface area contributed by atoms with Crippen LogP contribution in [0.1, 0.15) is 43.7 Å². The van der Waals surface area contributed by atoms with E-state index >= 15 is 0 Å². The maximum absolute atomic E-state index is 11.7. The van der Waals surface area contributed by atoms with Gasteiger partial charge in [0.25, 0.3) is 0 Å². The van der Waals surface area contributed by atoms with Crippen LogP contribution >= 0.6 is 0 Å². The molecule has 0 aromatic heterocycles. The summed E-state index contributed by atoms with van der Waals surface area (Å²) in [5, 5.41) is 36.9. The average Bonchev–Trinajstić information content (AvgIpc) is 2.70. The minimum Gasteiger partial charge on any atom is -0.411 e. The van der Waals surface area contributed by atoms with Gasteiger partial charge in [0.05, 0.1) is 11.4 Å². The van der Waals surface area contributed by atoms with Crippen molar-refractivity contribution in [1.82, 2.24) is 0 Å². The minimum absolute atomic E-state index is 0.196. The van der Waals surface area contributed by atoms with Gasteiger partial charge in [0.15, 0.2) is 0 Å². The smallest absolute Gasteiger partial charge is 0.220 e. The Hall–Kier alpha value is -3.22. The second-order valence-electron chi connectivity index (χ2n) is 6.58. The topological polar surface area (TPSA) is 108 Å². The zero-order chi connectivity index (χ0) is 19.7. The van der Waals surface area contributed by atoms with Crippen molar-refractivity contribution in [2.24, 2.45) is 10.3 Å². The van der Waals surface area contributed by atoms with E-state index in [0.717, 1.165) is 11.1 Å². The number of oxime groups is 2. The first-order chi connectivity index (χ1) is 13.0. The molecule has 0 aliphatic carbocycles. The molecule has 7 nitrogen and oxygen atoms in total. The zero-order valence-corrected chi connectivity index (χ0v) is 15.2. The number of hydrogen-bond acceptors (Lipinski definition) is 6. The minimum atomic E-state index is -1.24. The molecule has 0 heterocycles. The summed E-state index contributed by atoms with van der Waals surface area (Å²) in [6.07, 6.45) is 0.910. The first kappa shape index (κ1) is 20.1. The molecule has 0 amide bonds. The van der Waals surface area contributed by atoms with Crippen molar-refractivity contribution in [2.75, 3.05) is 0 Å². The highest BCUT2D eigenvalue weighted by Gasteiger charge is 2.37. The van der Waals surface area contributed by atoms with Crippen LogP contribution in [0.4, 0.5) is 0 Å². The highest BCUT2D eigenvalue weighted by Crippen LogP contribution is 2.25. The van der Waals surface area contributed by atoms with Crippen LogP contribution in [0.25, 0.3) is 0 Å². The third-order valence-electron chi connectivity index (χ3n) is 4.70. The summed E-state index contributed by atoms with van der Waals surface area (Å²) >= 11 is 0. The Kier molecular flexibility index (Phi) is 7.05. The molecular weight excluding hydrogens is 346 g/mol. The predicted octanol–water partition coefficient (Wildman–Crippen LogP) is 4.34. The molecule has 27 heavy (non-hydrogen) atoms. The second kappa shape index (κ2) is 9.47. The fourth-order valence-corrected chi connectivity index (χ4v) is 2.85. The van der Waals surface area contributed by atoms with Gasteiger partial charge < -0.3 is 10.4 Å². The molecular formula is C20H23N3O4. The second-order valence-corrected chi connectivity index (χ2v) is 6.58. The predicted molar refractivity (Wildman–Crippen MR) is 103 cm³/mol. The van der Waals surface area contributed by atoms with Crippen molar-refractivity contribution in [1.29, 1.82) is 0 Å². The van der Waals surface area contributed by atoms with E-state index in [1.807, 2.05) is 36.4 Å². The van der Waals surface area contributed by atoms with Crippen LogP contribution in [-0.4, -0.2) is 32.3 Å². The fraction of sp³-hybridized carbons (Fsp3) is 0.300.